The Kier molecular flexibility index (Phi) is 2.35. The Bertz CT molecular complexity index is 107. The molecule has 1 aliphatic rings. The summed E-state index contributed by atoms with van der Waals surface area (Å²) in [7, 11) is 0. The van der Waals surface area contributed by atoms with Crippen LogP contribution in [0.2, 0.25) is 0 Å². The second-order valence-corrected chi connectivity index (χ2v) is 4.07. The fourth-order valence-electron chi connectivity index (χ4n) is 1.58. The second-order valence-electron chi connectivity index (χ2n) is 4.07. The third kappa shape index (κ3) is 1.98. The van der Waals surface area contributed by atoms with Gasteiger partial charge in [-0.3, -0.25) is 4.90 Å². The van der Waals surface area contributed by atoms with Crippen molar-refractivity contribution in [3.63, 3.8) is 0 Å². The smallest absolute Gasteiger partial charge is 0.0229 e. The van der Waals surface area contributed by atoms with Crippen molar-refractivity contribution in [2.45, 2.75) is 46.2 Å². The van der Waals surface area contributed by atoms with E-state index >= 15 is 0 Å². The Hall–Kier alpha value is -0.0400. The Morgan fingerprint density at radius 1 is 1.30 bits per heavy atom. The van der Waals surface area contributed by atoms with Gasteiger partial charge in [-0.1, -0.05) is 13.8 Å². The fourth-order valence-corrected chi connectivity index (χ4v) is 1.58. The lowest BCUT2D eigenvalue weighted by atomic mass is 10.1. The second kappa shape index (κ2) is 2.91. The van der Waals surface area contributed by atoms with Gasteiger partial charge in [-0.25, -0.2) is 0 Å². The first-order valence-corrected chi connectivity index (χ1v) is 4.37. The van der Waals surface area contributed by atoms with E-state index in [9.17, 15) is 0 Å². The minimum absolute atomic E-state index is 0.767. The van der Waals surface area contributed by atoms with Crippen molar-refractivity contribution >= 4 is 0 Å². The van der Waals surface area contributed by atoms with Crippen LogP contribution in [-0.4, -0.2) is 23.5 Å². The average molecular weight is 141 g/mol. The molecule has 0 saturated carbocycles. The maximum Gasteiger partial charge on any atom is 0.0229 e. The summed E-state index contributed by atoms with van der Waals surface area (Å²) in [6.07, 6.45) is 1.39. The highest BCUT2D eigenvalue weighted by Gasteiger charge is 2.35. The van der Waals surface area contributed by atoms with Gasteiger partial charge in [0.1, 0.15) is 0 Å². The quantitative estimate of drug-likeness (QED) is 0.544. The predicted octanol–water partition coefficient (Wildman–Crippen LogP) is 2.13. The molecule has 0 amide bonds. The zero-order valence-corrected chi connectivity index (χ0v) is 7.59. The minimum atomic E-state index is 0.767. The van der Waals surface area contributed by atoms with Crippen LogP contribution < -0.4 is 0 Å². The molecule has 60 valence electrons. The third-order valence-electron chi connectivity index (χ3n) is 2.16. The Morgan fingerprint density at radius 2 is 1.90 bits per heavy atom. The molecule has 0 aromatic heterocycles. The molecule has 0 aliphatic carbocycles. The molecule has 0 bridgehead atoms. The molecule has 1 nitrogen and oxygen atoms in total. The molecule has 0 N–H and O–H groups in total. The lowest BCUT2D eigenvalue weighted by molar-refractivity contribution is 0.392. The van der Waals surface area contributed by atoms with E-state index in [1.165, 1.54) is 13.0 Å². The highest BCUT2D eigenvalue weighted by molar-refractivity contribution is 4.91. The van der Waals surface area contributed by atoms with Crippen LogP contribution in [0.15, 0.2) is 0 Å². The Labute approximate surface area is 64.4 Å². The maximum atomic E-state index is 2.56. The van der Waals surface area contributed by atoms with Crippen molar-refractivity contribution in [2.75, 3.05) is 6.54 Å². The summed E-state index contributed by atoms with van der Waals surface area (Å²) in [5, 5.41) is 0. The summed E-state index contributed by atoms with van der Waals surface area (Å²) < 4.78 is 0. The lowest BCUT2D eigenvalue weighted by Crippen LogP contribution is -2.12. The van der Waals surface area contributed by atoms with Crippen LogP contribution in [0.1, 0.15) is 34.1 Å². The van der Waals surface area contributed by atoms with Gasteiger partial charge in [0.05, 0.1) is 0 Å². The molecule has 1 rings (SSSR count). The Balaban J connectivity index is 2.13. The van der Waals surface area contributed by atoms with Gasteiger partial charge in [-0.15, -0.1) is 0 Å². The molecule has 1 aliphatic heterocycles. The maximum absolute atomic E-state index is 2.56. The number of hydrogen-bond donors (Lipinski definition) is 0. The monoisotopic (exact) mass is 141 g/mol. The zero-order valence-electron chi connectivity index (χ0n) is 7.59. The summed E-state index contributed by atoms with van der Waals surface area (Å²) in [6, 6.07) is 1.68. The summed E-state index contributed by atoms with van der Waals surface area (Å²) >= 11 is 0. The molecule has 1 saturated heterocycles. The average Bonchev–Trinajstić information content (AvgIpc) is 2.43. The highest BCUT2D eigenvalue weighted by Crippen LogP contribution is 2.26. The van der Waals surface area contributed by atoms with Gasteiger partial charge in [-0.2, -0.15) is 0 Å². The van der Waals surface area contributed by atoms with Crippen molar-refractivity contribution in [2.24, 2.45) is 5.92 Å². The summed E-state index contributed by atoms with van der Waals surface area (Å²) in [5.74, 6) is 0.869. The van der Waals surface area contributed by atoms with Crippen LogP contribution in [-0.2, 0) is 0 Å². The minimum Gasteiger partial charge on any atom is -0.295 e. The van der Waals surface area contributed by atoms with E-state index in [1.807, 2.05) is 0 Å². The standard InChI is InChI=1S/C9H19N/c1-7(2)5-9-6-10(9)8(3)4/h7-9H,5-6H2,1-4H3. The largest absolute Gasteiger partial charge is 0.295 e. The number of nitrogens with zero attached hydrogens (tertiary/aromatic N) is 1. The van der Waals surface area contributed by atoms with Gasteiger partial charge in [0.15, 0.2) is 0 Å². The first kappa shape index (κ1) is 8.06. The normalized spacial score (nSPS) is 31.8. The highest BCUT2D eigenvalue weighted by atomic mass is 15.3. The van der Waals surface area contributed by atoms with E-state index < -0.39 is 0 Å². The van der Waals surface area contributed by atoms with Crippen LogP contribution in [0.3, 0.4) is 0 Å². The van der Waals surface area contributed by atoms with Crippen LogP contribution in [0.4, 0.5) is 0 Å². The van der Waals surface area contributed by atoms with Gasteiger partial charge in [0.25, 0.3) is 0 Å². The molecule has 1 heteroatoms. The fraction of sp³-hybridized carbons (Fsp3) is 1.00. The van der Waals surface area contributed by atoms with Crippen molar-refractivity contribution in [3.8, 4) is 0 Å². The molecule has 10 heavy (non-hydrogen) atoms. The molecule has 0 aromatic carbocycles. The van der Waals surface area contributed by atoms with Gasteiger partial charge < -0.3 is 0 Å². The van der Waals surface area contributed by atoms with E-state index in [0.29, 0.717) is 0 Å². The molecule has 0 radical (unpaired) electrons. The van der Waals surface area contributed by atoms with Gasteiger partial charge in [0, 0.05) is 18.6 Å². The first-order chi connectivity index (χ1) is 4.61. The van der Waals surface area contributed by atoms with E-state index in [4.69, 9.17) is 0 Å². The molecule has 0 spiro atoms. The lowest BCUT2D eigenvalue weighted by Gasteiger charge is -2.08. The number of rotatable bonds is 3. The van der Waals surface area contributed by atoms with E-state index in [1.54, 1.807) is 0 Å². The van der Waals surface area contributed by atoms with Crippen molar-refractivity contribution in [3.05, 3.63) is 0 Å². The van der Waals surface area contributed by atoms with Crippen molar-refractivity contribution in [1.29, 1.82) is 0 Å². The zero-order chi connectivity index (χ0) is 7.72. The summed E-state index contributed by atoms with van der Waals surface area (Å²) in [6.45, 7) is 10.5. The van der Waals surface area contributed by atoms with Gasteiger partial charge >= 0.3 is 0 Å². The Morgan fingerprint density at radius 3 is 2.20 bits per heavy atom. The van der Waals surface area contributed by atoms with Gasteiger partial charge in [0.2, 0.25) is 0 Å². The molecular formula is C9H19N. The molecule has 0 aromatic rings. The first-order valence-electron chi connectivity index (χ1n) is 4.37. The van der Waals surface area contributed by atoms with E-state index in [2.05, 4.69) is 32.6 Å². The molecule has 2 atom stereocenters. The molecule has 1 fully saturated rings. The van der Waals surface area contributed by atoms with Gasteiger partial charge in [-0.05, 0) is 26.2 Å². The van der Waals surface area contributed by atoms with Crippen LogP contribution in [0, 0.1) is 5.92 Å². The molecule has 2 unspecified atom stereocenters. The number of hydrogen-bond acceptors (Lipinski definition) is 1. The van der Waals surface area contributed by atoms with E-state index in [-0.39, 0.29) is 0 Å². The van der Waals surface area contributed by atoms with E-state index in [0.717, 1.165) is 18.0 Å². The topological polar surface area (TPSA) is 3.01 Å². The summed E-state index contributed by atoms with van der Waals surface area (Å²) in [4.78, 5) is 2.56. The van der Waals surface area contributed by atoms with Crippen LogP contribution in [0.5, 0.6) is 0 Å². The molecule has 1 heterocycles. The predicted molar refractivity (Wildman–Crippen MR) is 45.1 cm³/mol. The molecular weight excluding hydrogens is 122 g/mol. The van der Waals surface area contributed by atoms with Crippen LogP contribution in [0.25, 0.3) is 0 Å². The SMILES string of the molecule is CC(C)CC1CN1C(C)C. The summed E-state index contributed by atoms with van der Waals surface area (Å²) in [5.41, 5.74) is 0. The van der Waals surface area contributed by atoms with Crippen molar-refractivity contribution < 1.29 is 0 Å². The van der Waals surface area contributed by atoms with Crippen molar-refractivity contribution in [1.82, 2.24) is 4.90 Å². The van der Waals surface area contributed by atoms with Crippen LogP contribution >= 0.6 is 0 Å². The third-order valence-corrected chi connectivity index (χ3v) is 2.16.